The topological polar surface area (TPSA) is 86.8 Å². The van der Waals surface area contributed by atoms with Gasteiger partial charge >= 0.3 is 0 Å². The summed E-state index contributed by atoms with van der Waals surface area (Å²) in [7, 11) is 0. The number of nitrogens with zero attached hydrogens (tertiary/aromatic N) is 1. The van der Waals surface area contributed by atoms with Gasteiger partial charge in [-0.2, -0.15) is 0 Å². The second kappa shape index (κ2) is 4.89. The lowest BCUT2D eigenvalue weighted by Crippen LogP contribution is -2.29. The van der Waals surface area contributed by atoms with Crippen LogP contribution >= 0.6 is 22.9 Å². The van der Waals surface area contributed by atoms with Crippen LogP contribution in [0.3, 0.4) is 0 Å². The van der Waals surface area contributed by atoms with Crippen LogP contribution in [0.5, 0.6) is 0 Å². The van der Waals surface area contributed by atoms with Gasteiger partial charge in [-0.3, -0.25) is 4.79 Å². The van der Waals surface area contributed by atoms with Crippen molar-refractivity contribution >= 4 is 44.6 Å². The molecule has 7 heteroatoms. The van der Waals surface area contributed by atoms with Gasteiger partial charge in [-0.05, 0) is 18.2 Å². The van der Waals surface area contributed by atoms with E-state index >= 15 is 0 Å². The average Bonchev–Trinajstić information content (AvgIpc) is 2.91. The summed E-state index contributed by atoms with van der Waals surface area (Å²) >= 11 is 7.22. The van der Waals surface area contributed by atoms with Crippen molar-refractivity contribution in [2.75, 3.05) is 18.8 Å². The zero-order valence-electron chi connectivity index (χ0n) is 10.4. The average molecular weight is 313 g/mol. The summed E-state index contributed by atoms with van der Waals surface area (Å²) in [6, 6.07) is 5.30. The molecule has 0 saturated carbocycles. The van der Waals surface area contributed by atoms with Gasteiger partial charge < -0.3 is 20.8 Å². The van der Waals surface area contributed by atoms with Crippen molar-refractivity contribution in [1.82, 2.24) is 4.90 Å². The molecule has 1 fully saturated rings. The maximum atomic E-state index is 12.4. The van der Waals surface area contributed by atoms with Crippen molar-refractivity contribution < 1.29 is 15.0 Å². The number of nitrogen functional groups attached to an aromatic ring is 1. The summed E-state index contributed by atoms with van der Waals surface area (Å²) in [5.74, 6) is -0.268. The molecule has 1 saturated heterocycles. The van der Waals surface area contributed by atoms with Gasteiger partial charge in [0.25, 0.3) is 5.91 Å². The number of anilines is 1. The number of benzene rings is 1. The lowest BCUT2D eigenvalue weighted by molar-refractivity contribution is 0.0572. The highest BCUT2D eigenvalue weighted by Gasteiger charge is 2.34. The van der Waals surface area contributed by atoms with Crippen LogP contribution in [0.25, 0.3) is 10.1 Å². The Balaban J connectivity index is 1.98. The fourth-order valence-electron chi connectivity index (χ4n) is 2.33. The van der Waals surface area contributed by atoms with Crippen LogP contribution in [0.15, 0.2) is 18.2 Å². The Morgan fingerprint density at radius 1 is 1.35 bits per heavy atom. The Hall–Kier alpha value is -1.34. The summed E-state index contributed by atoms with van der Waals surface area (Å²) in [6.07, 6.45) is -1.80. The number of nitrogens with two attached hydrogens (primary N) is 1. The lowest BCUT2D eigenvalue weighted by Gasteiger charge is -2.14. The van der Waals surface area contributed by atoms with E-state index in [0.29, 0.717) is 15.6 Å². The standard InChI is InChI=1S/C13H13ClN2O3S/c14-6-1-2-10-7(3-6)11(15)12(20-10)13(19)16-4-8(17)9(18)5-16/h1-3,8-9,17-18H,4-5,15H2. The van der Waals surface area contributed by atoms with Crippen LogP contribution in [-0.4, -0.2) is 46.3 Å². The third-order valence-corrected chi connectivity index (χ3v) is 4.84. The van der Waals surface area contributed by atoms with E-state index in [9.17, 15) is 15.0 Å². The minimum atomic E-state index is -0.899. The molecule has 2 atom stereocenters. The molecule has 0 spiro atoms. The number of hydrogen-bond donors (Lipinski definition) is 3. The second-order valence-corrected chi connectivity index (χ2v) is 6.32. The molecular weight excluding hydrogens is 300 g/mol. The second-order valence-electron chi connectivity index (χ2n) is 4.83. The Labute approximate surface area is 124 Å². The number of likely N-dealkylation sites (tertiary alicyclic amines) is 1. The maximum absolute atomic E-state index is 12.4. The third kappa shape index (κ3) is 2.14. The number of rotatable bonds is 1. The number of carbonyl (C=O) groups is 1. The normalized spacial score (nSPS) is 22.6. The molecule has 20 heavy (non-hydrogen) atoms. The van der Waals surface area contributed by atoms with Gasteiger partial charge in [0.1, 0.15) is 4.88 Å². The molecule has 4 N–H and O–H groups in total. The number of fused-ring (bicyclic) bond motifs is 1. The number of thiophene rings is 1. The Morgan fingerprint density at radius 3 is 2.65 bits per heavy atom. The zero-order chi connectivity index (χ0) is 14.4. The molecule has 5 nitrogen and oxygen atoms in total. The molecule has 2 heterocycles. The fourth-order valence-corrected chi connectivity index (χ4v) is 3.57. The van der Waals surface area contributed by atoms with Crippen molar-refractivity contribution in [2.45, 2.75) is 12.2 Å². The van der Waals surface area contributed by atoms with Gasteiger partial charge in [-0.1, -0.05) is 11.6 Å². The molecular formula is C13H13ClN2O3S. The van der Waals surface area contributed by atoms with Gasteiger partial charge in [0.15, 0.2) is 0 Å². The van der Waals surface area contributed by atoms with E-state index in [1.54, 1.807) is 12.1 Å². The van der Waals surface area contributed by atoms with E-state index in [0.717, 1.165) is 10.1 Å². The van der Waals surface area contributed by atoms with Crippen LogP contribution in [-0.2, 0) is 0 Å². The molecule has 1 aliphatic rings. The molecule has 0 bridgehead atoms. The quantitative estimate of drug-likeness (QED) is 0.741. The number of aliphatic hydroxyl groups excluding tert-OH is 2. The van der Waals surface area contributed by atoms with Crippen molar-refractivity contribution in [3.05, 3.63) is 28.1 Å². The first kappa shape index (κ1) is 13.6. The summed E-state index contributed by atoms with van der Waals surface area (Å²) in [5, 5.41) is 20.4. The lowest BCUT2D eigenvalue weighted by atomic mass is 10.2. The van der Waals surface area contributed by atoms with E-state index in [1.807, 2.05) is 6.07 Å². The maximum Gasteiger partial charge on any atom is 0.266 e. The van der Waals surface area contributed by atoms with Crippen LogP contribution in [0, 0.1) is 0 Å². The summed E-state index contributed by atoms with van der Waals surface area (Å²) < 4.78 is 0.885. The highest BCUT2D eigenvalue weighted by molar-refractivity contribution is 7.21. The summed E-state index contributed by atoms with van der Waals surface area (Å²) in [5.41, 5.74) is 6.42. The molecule has 2 unspecified atom stereocenters. The van der Waals surface area contributed by atoms with Crippen LogP contribution in [0.2, 0.25) is 5.02 Å². The van der Waals surface area contributed by atoms with Gasteiger partial charge in [0.05, 0.1) is 17.9 Å². The monoisotopic (exact) mass is 312 g/mol. The van der Waals surface area contributed by atoms with E-state index in [4.69, 9.17) is 17.3 Å². The molecule has 2 aromatic rings. The first-order valence-corrected chi connectivity index (χ1v) is 7.29. The Morgan fingerprint density at radius 2 is 2.00 bits per heavy atom. The molecule has 0 radical (unpaired) electrons. The largest absolute Gasteiger partial charge is 0.397 e. The number of amides is 1. The third-order valence-electron chi connectivity index (χ3n) is 3.43. The van der Waals surface area contributed by atoms with E-state index in [1.165, 1.54) is 16.2 Å². The van der Waals surface area contributed by atoms with Gasteiger partial charge in [-0.25, -0.2) is 0 Å². The minimum absolute atomic E-state index is 0.119. The first-order valence-electron chi connectivity index (χ1n) is 6.10. The number of halogens is 1. The van der Waals surface area contributed by atoms with Crippen molar-refractivity contribution in [2.24, 2.45) is 0 Å². The number of carbonyl (C=O) groups excluding carboxylic acids is 1. The molecule has 3 rings (SSSR count). The fraction of sp³-hybridized carbons (Fsp3) is 0.308. The van der Waals surface area contributed by atoms with Crippen molar-refractivity contribution in [1.29, 1.82) is 0 Å². The van der Waals surface area contributed by atoms with Crippen LogP contribution in [0.4, 0.5) is 5.69 Å². The molecule has 1 aromatic heterocycles. The minimum Gasteiger partial charge on any atom is -0.397 e. The Kier molecular flexibility index (Phi) is 3.33. The first-order chi connectivity index (χ1) is 9.47. The highest BCUT2D eigenvalue weighted by Crippen LogP contribution is 2.36. The van der Waals surface area contributed by atoms with Gasteiger partial charge in [0, 0.05) is 28.2 Å². The molecule has 1 amide bonds. The summed E-state index contributed by atoms with van der Waals surface area (Å²) in [4.78, 5) is 14.2. The van der Waals surface area contributed by atoms with Crippen LogP contribution < -0.4 is 5.73 Å². The van der Waals surface area contributed by atoms with Gasteiger partial charge in [0.2, 0.25) is 0 Å². The van der Waals surface area contributed by atoms with Crippen molar-refractivity contribution in [3.63, 3.8) is 0 Å². The molecule has 0 aliphatic carbocycles. The molecule has 1 aliphatic heterocycles. The van der Waals surface area contributed by atoms with Crippen LogP contribution in [0.1, 0.15) is 9.67 Å². The number of aliphatic hydroxyl groups is 2. The number of β-amino-alcohol motifs (C(OH)–C–C–N with tert-alkyl or cyclic N) is 2. The predicted octanol–water partition coefficient (Wildman–Crippen LogP) is 1.31. The predicted molar refractivity (Wildman–Crippen MR) is 79.2 cm³/mol. The van der Waals surface area contributed by atoms with E-state index in [-0.39, 0.29) is 19.0 Å². The molecule has 1 aromatic carbocycles. The SMILES string of the molecule is Nc1c(C(=O)N2CC(O)C(O)C2)sc2ccc(Cl)cc12. The van der Waals surface area contributed by atoms with E-state index in [2.05, 4.69) is 0 Å². The van der Waals surface area contributed by atoms with Crippen molar-refractivity contribution in [3.8, 4) is 0 Å². The van der Waals surface area contributed by atoms with Gasteiger partial charge in [-0.15, -0.1) is 11.3 Å². The summed E-state index contributed by atoms with van der Waals surface area (Å²) in [6.45, 7) is 0.239. The zero-order valence-corrected chi connectivity index (χ0v) is 12.0. The molecule has 106 valence electrons. The number of hydrogen-bond acceptors (Lipinski definition) is 5. The van der Waals surface area contributed by atoms with E-state index < -0.39 is 12.2 Å². The highest BCUT2D eigenvalue weighted by atomic mass is 35.5. The Bertz CT molecular complexity index is 678. The smallest absolute Gasteiger partial charge is 0.266 e.